The first-order valence-corrected chi connectivity index (χ1v) is 6.17. The number of nitrogens with zero attached hydrogens (tertiary/aromatic N) is 2. The van der Waals surface area contributed by atoms with Gasteiger partial charge < -0.3 is 14.6 Å². The van der Waals surface area contributed by atoms with E-state index in [0.29, 0.717) is 23.7 Å². The number of nitrogens with one attached hydrogen (secondary N) is 1. The van der Waals surface area contributed by atoms with Gasteiger partial charge in [-0.25, -0.2) is 4.98 Å². The lowest BCUT2D eigenvalue weighted by molar-refractivity contribution is 0.102. The van der Waals surface area contributed by atoms with Crippen molar-refractivity contribution in [3.63, 3.8) is 0 Å². The quantitative estimate of drug-likeness (QED) is 0.914. The Morgan fingerprint density at radius 2 is 2.20 bits per heavy atom. The highest BCUT2D eigenvalue weighted by atomic mass is 16.5. The Labute approximate surface area is 116 Å². The molecule has 0 fully saturated rings. The minimum absolute atomic E-state index is 0.234. The highest BCUT2D eigenvalue weighted by Gasteiger charge is 2.07. The van der Waals surface area contributed by atoms with Crippen LogP contribution in [-0.4, -0.2) is 22.1 Å². The van der Waals surface area contributed by atoms with Gasteiger partial charge in [0.25, 0.3) is 11.5 Å². The topological polar surface area (TPSA) is 73.2 Å². The van der Waals surface area contributed by atoms with E-state index in [1.54, 1.807) is 31.4 Å². The van der Waals surface area contributed by atoms with Crippen LogP contribution in [0.15, 0.2) is 41.5 Å². The molecule has 0 saturated carbocycles. The van der Waals surface area contributed by atoms with Crippen LogP contribution in [0.2, 0.25) is 0 Å². The zero-order valence-electron chi connectivity index (χ0n) is 11.3. The van der Waals surface area contributed by atoms with Crippen molar-refractivity contribution in [1.82, 2.24) is 9.55 Å². The minimum Gasteiger partial charge on any atom is -0.478 e. The summed E-state index contributed by atoms with van der Waals surface area (Å²) in [6.45, 7) is 2.40. The van der Waals surface area contributed by atoms with Crippen molar-refractivity contribution in [1.29, 1.82) is 0 Å². The molecule has 0 aliphatic carbocycles. The second-order valence-corrected chi connectivity index (χ2v) is 4.14. The summed E-state index contributed by atoms with van der Waals surface area (Å²) in [6.07, 6.45) is 3.05. The number of ether oxygens (including phenoxy) is 1. The molecule has 2 aromatic heterocycles. The maximum atomic E-state index is 12.0. The monoisotopic (exact) mass is 273 g/mol. The summed E-state index contributed by atoms with van der Waals surface area (Å²) >= 11 is 0. The molecular weight excluding hydrogens is 258 g/mol. The molecule has 0 unspecified atom stereocenters. The zero-order chi connectivity index (χ0) is 14.5. The van der Waals surface area contributed by atoms with Crippen molar-refractivity contribution in [2.75, 3.05) is 11.9 Å². The van der Waals surface area contributed by atoms with Crippen molar-refractivity contribution >= 4 is 11.6 Å². The van der Waals surface area contributed by atoms with Gasteiger partial charge in [0.2, 0.25) is 5.88 Å². The van der Waals surface area contributed by atoms with E-state index in [0.717, 1.165) is 0 Å². The van der Waals surface area contributed by atoms with Gasteiger partial charge in [0.15, 0.2) is 0 Å². The number of carbonyl (C=O) groups excluding carboxylic acids is 1. The van der Waals surface area contributed by atoms with Gasteiger partial charge in [-0.2, -0.15) is 0 Å². The summed E-state index contributed by atoms with van der Waals surface area (Å²) in [6, 6.07) is 6.23. The number of amides is 1. The lowest BCUT2D eigenvalue weighted by Gasteiger charge is -2.06. The molecule has 0 saturated heterocycles. The maximum absolute atomic E-state index is 12.0. The molecule has 0 spiro atoms. The third-order valence-corrected chi connectivity index (χ3v) is 2.65. The first-order chi connectivity index (χ1) is 9.60. The highest BCUT2D eigenvalue weighted by Crippen LogP contribution is 2.12. The van der Waals surface area contributed by atoms with Crippen LogP contribution < -0.4 is 15.6 Å². The van der Waals surface area contributed by atoms with Crippen molar-refractivity contribution in [2.45, 2.75) is 6.92 Å². The van der Waals surface area contributed by atoms with Crippen LogP contribution >= 0.6 is 0 Å². The number of hydrogen-bond acceptors (Lipinski definition) is 4. The third kappa shape index (κ3) is 3.23. The largest absolute Gasteiger partial charge is 0.478 e. The maximum Gasteiger partial charge on any atom is 0.255 e. The molecule has 2 heterocycles. The molecule has 1 N–H and O–H groups in total. The number of hydrogen-bond donors (Lipinski definition) is 1. The van der Waals surface area contributed by atoms with Crippen LogP contribution in [0, 0.1) is 0 Å². The summed E-state index contributed by atoms with van der Waals surface area (Å²) in [5.74, 6) is 0.146. The van der Waals surface area contributed by atoms with E-state index in [1.165, 1.54) is 16.8 Å². The van der Waals surface area contributed by atoms with Gasteiger partial charge in [0.05, 0.1) is 18.5 Å². The van der Waals surface area contributed by atoms with Crippen LogP contribution in [0.1, 0.15) is 17.3 Å². The molecule has 0 aliphatic heterocycles. The number of rotatable bonds is 4. The first-order valence-electron chi connectivity index (χ1n) is 6.17. The fraction of sp³-hybridized carbons (Fsp3) is 0.214. The van der Waals surface area contributed by atoms with Crippen molar-refractivity contribution in [2.24, 2.45) is 7.05 Å². The first kappa shape index (κ1) is 13.8. The predicted octanol–water partition coefficient (Wildman–Crippen LogP) is 1.43. The van der Waals surface area contributed by atoms with Crippen LogP contribution in [0.3, 0.4) is 0 Å². The zero-order valence-corrected chi connectivity index (χ0v) is 11.3. The molecule has 0 aromatic carbocycles. The van der Waals surface area contributed by atoms with E-state index in [-0.39, 0.29) is 11.5 Å². The van der Waals surface area contributed by atoms with Gasteiger partial charge in [0, 0.05) is 30.9 Å². The van der Waals surface area contributed by atoms with Crippen molar-refractivity contribution < 1.29 is 9.53 Å². The summed E-state index contributed by atoms with van der Waals surface area (Å²) in [4.78, 5) is 27.5. The summed E-state index contributed by atoms with van der Waals surface area (Å²) in [5.41, 5.74) is 0.614. The molecule has 0 atom stereocenters. The van der Waals surface area contributed by atoms with Crippen LogP contribution in [0.4, 0.5) is 5.69 Å². The molecule has 1 amide bonds. The lowest BCUT2D eigenvalue weighted by Crippen LogP contribution is -2.20. The minimum atomic E-state index is -0.353. The van der Waals surface area contributed by atoms with Gasteiger partial charge >= 0.3 is 0 Å². The average Bonchev–Trinajstić information content (AvgIpc) is 2.44. The Balaban J connectivity index is 2.10. The van der Waals surface area contributed by atoms with Gasteiger partial charge in [-0.15, -0.1) is 0 Å². The van der Waals surface area contributed by atoms with E-state index in [2.05, 4.69) is 10.3 Å². The van der Waals surface area contributed by atoms with Gasteiger partial charge in [-0.3, -0.25) is 9.59 Å². The van der Waals surface area contributed by atoms with Gasteiger partial charge in [-0.1, -0.05) is 0 Å². The average molecular weight is 273 g/mol. The molecule has 20 heavy (non-hydrogen) atoms. The smallest absolute Gasteiger partial charge is 0.255 e. The van der Waals surface area contributed by atoms with Gasteiger partial charge in [-0.05, 0) is 19.1 Å². The Kier molecular flexibility index (Phi) is 4.14. The second-order valence-electron chi connectivity index (χ2n) is 4.14. The standard InChI is InChI=1S/C14H15N3O3/c1-3-20-12-5-4-11(9-15-12)16-14(19)10-6-7-17(2)13(18)8-10/h4-9H,3H2,1-2H3,(H,16,19). The van der Waals surface area contributed by atoms with E-state index < -0.39 is 0 Å². The molecule has 2 rings (SSSR count). The molecule has 6 heteroatoms. The molecular formula is C14H15N3O3. The fourth-order valence-corrected chi connectivity index (χ4v) is 1.58. The molecule has 2 aromatic rings. The number of carbonyl (C=O) groups is 1. The molecule has 0 bridgehead atoms. The van der Waals surface area contributed by atoms with Gasteiger partial charge in [0.1, 0.15) is 0 Å². The van der Waals surface area contributed by atoms with Crippen LogP contribution in [0.25, 0.3) is 0 Å². The fourth-order valence-electron chi connectivity index (χ4n) is 1.58. The number of aryl methyl sites for hydroxylation is 1. The SMILES string of the molecule is CCOc1ccc(NC(=O)c2ccn(C)c(=O)c2)cn1. The van der Waals surface area contributed by atoms with E-state index in [9.17, 15) is 9.59 Å². The Morgan fingerprint density at radius 3 is 2.80 bits per heavy atom. The molecule has 104 valence electrons. The second kappa shape index (κ2) is 6.01. The number of pyridine rings is 2. The van der Waals surface area contributed by atoms with E-state index in [1.807, 2.05) is 6.92 Å². The lowest BCUT2D eigenvalue weighted by atomic mass is 10.2. The summed E-state index contributed by atoms with van der Waals surface area (Å²) in [5, 5.41) is 2.67. The molecule has 0 radical (unpaired) electrons. The Hall–Kier alpha value is -2.63. The van der Waals surface area contributed by atoms with E-state index in [4.69, 9.17) is 4.74 Å². The number of aromatic nitrogens is 2. The van der Waals surface area contributed by atoms with Crippen LogP contribution in [-0.2, 0) is 7.05 Å². The third-order valence-electron chi connectivity index (χ3n) is 2.65. The predicted molar refractivity (Wildman–Crippen MR) is 75.0 cm³/mol. The molecule has 0 aliphatic rings. The van der Waals surface area contributed by atoms with Crippen LogP contribution in [0.5, 0.6) is 5.88 Å². The van der Waals surface area contributed by atoms with Crippen molar-refractivity contribution in [3.05, 3.63) is 52.6 Å². The molecule has 6 nitrogen and oxygen atoms in total. The van der Waals surface area contributed by atoms with Crippen molar-refractivity contribution in [3.8, 4) is 5.88 Å². The highest BCUT2D eigenvalue weighted by molar-refractivity contribution is 6.04. The summed E-state index contributed by atoms with van der Waals surface area (Å²) in [7, 11) is 1.63. The Bertz CT molecular complexity index is 662. The van der Waals surface area contributed by atoms with E-state index >= 15 is 0 Å². The normalized spacial score (nSPS) is 10.1. The Morgan fingerprint density at radius 1 is 1.40 bits per heavy atom. The summed E-state index contributed by atoms with van der Waals surface area (Å²) < 4.78 is 6.61. The number of anilines is 1.